The Hall–Kier alpha value is -1.84. The van der Waals surface area contributed by atoms with Crippen LogP contribution < -0.4 is 5.32 Å². The van der Waals surface area contributed by atoms with Gasteiger partial charge in [-0.05, 0) is 25.0 Å². The van der Waals surface area contributed by atoms with E-state index in [1.54, 1.807) is 10.9 Å². The molecule has 17 heavy (non-hydrogen) atoms. The summed E-state index contributed by atoms with van der Waals surface area (Å²) in [6.07, 6.45) is 5.77. The van der Waals surface area contributed by atoms with E-state index in [9.17, 15) is 0 Å². The molecule has 2 rings (SSSR count). The highest BCUT2D eigenvalue weighted by molar-refractivity contribution is 5.60. The quantitative estimate of drug-likeness (QED) is 0.858. The summed E-state index contributed by atoms with van der Waals surface area (Å²) in [7, 11) is 0. The minimum absolute atomic E-state index is 0.500. The normalized spacial score (nSPS) is 10.8. The highest BCUT2D eigenvalue weighted by Gasteiger charge is 2.08. The molecule has 0 aliphatic rings. The third-order valence-corrected chi connectivity index (χ3v) is 2.92. The van der Waals surface area contributed by atoms with Crippen molar-refractivity contribution in [2.75, 3.05) is 5.32 Å². The number of anilines is 1. The molecule has 0 aliphatic heterocycles. The molecule has 1 heterocycles. The molecule has 4 heteroatoms. The molecular formula is C13H18N4. The molecule has 0 saturated carbocycles. The molecule has 0 radical (unpaired) electrons. The highest BCUT2D eigenvalue weighted by Crippen LogP contribution is 2.20. The van der Waals surface area contributed by atoms with Crippen LogP contribution in [-0.4, -0.2) is 21.0 Å². The number of hydrogen-bond acceptors (Lipinski definition) is 3. The largest absolute Gasteiger partial charge is 0.381 e. The lowest BCUT2D eigenvalue weighted by molar-refractivity contribution is 0.669. The van der Waals surface area contributed by atoms with Crippen molar-refractivity contribution >= 4 is 5.69 Å². The Morgan fingerprint density at radius 3 is 2.65 bits per heavy atom. The molecule has 0 bridgehead atoms. The summed E-state index contributed by atoms with van der Waals surface area (Å²) in [6, 6.07) is 8.66. The first-order chi connectivity index (χ1) is 8.35. The van der Waals surface area contributed by atoms with Crippen LogP contribution in [0.25, 0.3) is 5.69 Å². The lowest BCUT2D eigenvalue weighted by Crippen LogP contribution is -2.18. The smallest absolute Gasteiger partial charge is 0.0894 e. The average molecular weight is 230 g/mol. The van der Waals surface area contributed by atoms with Crippen LogP contribution in [-0.2, 0) is 0 Å². The second-order valence-electron chi connectivity index (χ2n) is 4.02. The van der Waals surface area contributed by atoms with Gasteiger partial charge in [0, 0.05) is 6.04 Å². The first-order valence-electron chi connectivity index (χ1n) is 6.07. The van der Waals surface area contributed by atoms with Gasteiger partial charge in [0.25, 0.3) is 0 Å². The maximum absolute atomic E-state index is 4.03. The van der Waals surface area contributed by atoms with Crippen LogP contribution in [0.2, 0.25) is 0 Å². The second kappa shape index (κ2) is 5.48. The number of rotatable bonds is 5. The first-order valence-corrected chi connectivity index (χ1v) is 6.07. The van der Waals surface area contributed by atoms with E-state index < -0.39 is 0 Å². The SMILES string of the molecule is CCC(CC)Nc1ccccc1-n1ccnn1. The predicted molar refractivity (Wildman–Crippen MR) is 69.4 cm³/mol. The number of nitrogens with one attached hydrogen (secondary N) is 1. The number of para-hydroxylation sites is 2. The van der Waals surface area contributed by atoms with E-state index in [1.807, 2.05) is 24.4 Å². The van der Waals surface area contributed by atoms with E-state index in [0.717, 1.165) is 24.2 Å². The minimum Gasteiger partial charge on any atom is -0.381 e. The number of benzene rings is 1. The van der Waals surface area contributed by atoms with E-state index in [1.165, 1.54) is 0 Å². The van der Waals surface area contributed by atoms with Gasteiger partial charge >= 0.3 is 0 Å². The van der Waals surface area contributed by atoms with Crippen LogP contribution >= 0.6 is 0 Å². The van der Waals surface area contributed by atoms with E-state index in [0.29, 0.717) is 6.04 Å². The zero-order valence-corrected chi connectivity index (χ0v) is 10.3. The van der Waals surface area contributed by atoms with Gasteiger partial charge in [-0.25, -0.2) is 4.68 Å². The molecule has 0 saturated heterocycles. The molecule has 0 spiro atoms. The number of hydrogen-bond donors (Lipinski definition) is 1. The third kappa shape index (κ3) is 2.64. The average Bonchev–Trinajstić information content (AvgIpc) is 2.90. The summed E-state index contributed by atoms with van der Waals surface area (Å²) in [5.41, 5.74) is 2.14. The third-order valence-electron chi connectivity index (χ3n) is 2.92. The van der Waals surface area contributed by atoms with E-state index in [2.05, 4.69) is 35.5 Å². The maximum atomic E-state index is 4.03. The molecule has 0 amide bonds. The Morgan fingerprint density at radius 1 is 1.24 bits per heavy atom. The van der Waals surface area contributed by atoms with Crippen molar-refractivity contribution in [2.45, 2.75) is 32.7 Å². The fraction of sp³-hybridized carbons (Fsp3) is 0.385. The molecule has 4 nitrogen and oxygen atoms in total. The summed E-state index contributed by atoms with van der Waals surface area (Å²) in [6.45, 7) is 4.39. The summed E-state index contributed by atoms with van der Waals surface area (Å²) >= 11 is 0. The fourth-order valence-corrected chi connectivity index (χ4v) is 1.84. The Kier molecular flexibility index (Phi) is 3.75. The van der Waals surface area contributed by atoms with Crippen molar-refractivity contribution < 1.29 is 0 Å². The standard InChI is InChI=1S/C13H18N4/c1-3-11(4-2)15-12-7-5-6-8-13(12)17-10-9-14-16-17/h5-11,15H,3-4H2,1-2H3. The second-order valence-corrected chi connectivity index (χ2v) is 4.02. The lowest BCUT2D eigenvalue weighted by Gasteiger charge is -2.18. The summed E-state index contributed by atoms with van der Waals surface area (Å²) < 4.78 is 1.78. The Labute approximate surface area is 102 Å². The van der Waals surface area contributed by atoms with Gasteiger partial charge in [-0.2, -0.15) is 0 Å². The topological polar surface area (TPSA) is 42.7 Å². The van der Waals surface area contributed by atoms with Crippen LogP contribution in [0.5, 0.6) is 0 Å². The monoisotopic (exact) mass is 230 g/mol. The van der Waals surface area contributed by atoms with E-state index in [4.69, 9.17) is 0 Å². The predicted octanol–water partition coefficient (Wildman–Crippen LogP) is 2.87. The van der Waals surface area contributed by atoms with Crippen molar-refractivity contribution in [3.63, 3.8) is 0 Å². The van der Waals surface area contributed by atoms with Gasteiger partial charge in [-0.3, -0.25) is 0 Å². The summed E-state index contributed by atoms with van der Waals surface area (Å²) in [5, 5.41) is 11.4. The molecule has 1 N–H and O–H groups in total. The molecule has 0 atom stereocenters. The van der Waals surface area contributed by atoms with Gasteiger partial charge in [-0.15, -0.1) is 5.10 Å². The molecule has 0 aliphatic carbocycles. The molecule has 1 aromatic heterocycles. The van der Waals surface area contributed by atoms with Gasteiger partial charge in [0.1, 0.15) is 0 Å². The van der Waals surface area contributed by atoms with Crippen molar-refractivity contribution in [3.05, 3.63) is 36.7 Å². The van der Waals surface area contributed by atoms with Crippen molar-refractivity contribution in [1.82, 2.24) is 15.0 Å². The Bertz CT molecular complexity index is 446. The number of aromatic nitrogens is 3. The molecule has 90 valence electrons. The maximum Gasteiger partial charge on any atom is 0.0894 e. The summed E-state index contributed by atoms with van der Waals surface area (Å²) in [4.78, 5) is 0. The van der Waals surface area contributed by atoms with Crippen LogP contribution in [0.1, 0.15) is 26.7 Å². The molecule has 0 unspecified atom stereocenters. The fourth-order valence-electron chi connectivity index (χ4n) is 1.84. The van der Waals surface area contributed by atoms with Crippen LogP contribution in [0.15, 0.2) is 36.7 Å². The van der Waals surface area contributed by atoms with Crippen molar-refractivity contribution in [2.24, 2.45) is 0 Å². The zero-order valence-electron chi connectivity index (χ0n) is 10.3. The first kappa shape index (κ1) is 11.6. The van der Waals surface area contributed by atoms with E-state index >= 15 is 0 Å². The van der Waals surface area contributed by atoms with Gasteiger partial charge in [0.2, 0.25) is 0 Å². The molecular weight excluding hydrogens is 212 g/mol. The zero-order chi connectivity index (χ0) is 12.1. The molecule has 0 fully saturated rings. The Balaban J connectivity index is 2.28. The van der Waals surface area contributed by atoms with Crippen LogP contribution in [0.4, 0.5) is 5.69 Å². The van der Waals surface area contributed by atoms with Gasteiger partial charge in [0.15, 0.2) is 0 Å². The minimum atomic E-state index is 0.500. The molecule has 2 aromatic rings. The van der Waals surface area contributed by atoms with Crippen molar-refractivity contribution in [1.29, 1.82) is 0 Å². The number of nitrogens with zero attached hydrogens (tertiary/aromatic N) is 3. The highest BCUT2D eigenvalue weighted by atomic mass is 15.4. The summed E-state index contributed by atoms with van der Waals surface area (Å²) in [5.74, 6) is 0. The Morgan fingerprint density at radius 2 is 2.00 bits per heavy atom. The lowest BCUT2D eigenvalue weighted by atomic mass is 10.1. The van der Waals surface area contributed by atoms with Crippen molar-refractivity contribution in [3.8, 4) is 5.69 Å². The van der Waals surface area contributed by atoms with Gasteiger partial charge < -0.3 is 5.32 Å². The van der Waals surface area contributed by atoms with Crippen LogP contribution in [0, 0.1) is 0 Å². The molecule has 1 aromatic carbocycles. The van der Waals surface area contributed by atoms with Crippen LogP contribution in [0.3, 0.4) is 0 Å². The van der Waals surface area contributed by atoms with E-state index in [-0.39, 0.29) is 0 Å². The van der Waals surface area contributed by atoms with Gasteiger partial charge in [0.05, 0.1) is 23.8 Å². The van der Waals surface area contributed by atoms with Gasteiger partial charge in [-0.1, -0.05) is 31.2 Å².